The zero-order valence-corrected chi connectivity index (χ0v) is 12.4. The molecule has 1 saturated carbocycles. The fourth-order valence-corrected chi connectivity index (χ4v) is 2.20. The highest BCUT2D eigenvalue weighted by atomic mass is 16.2. The number of nitrogens with one attached hydrogen (secondary N) is 2. The Balaban J connectivity index is 1.71. The Labute approximate surface area is 133 Å². The van der Waals surface area contributed by atoms with Crippen molar-refractivity contribution in [3.05, 3.63) is 59.7 Å². The third-order valence-corrected chi connectivity index (χ3v) is 3.59. The molecule has 1 aliphatic carbocycles. The molecule has 0 aliphatic heterocycles. The highest BCUT2D eigenvalue weighted by molar-refractivity contribution is 6.05. The predicted octanol–water partition coefficient (Wildman–Crippen LogP) is 3.16. The molecule has 3 rings (SSSR count). The Morgan fingerprint density at radius 2 is 1.70 bits per heavy atom. The molecule has 2 aromatic rings. The minimum atomic E-state index is -0.289. The van der Waals surface area contributed by atoms with Crippen molar-refractivity contribution in [1.82, 2.24) is 0 Å². The lowest BCUT2D eigenvalue weighted by atomic mass is 10.1. The van der Waals surface area contributed by atoms with E-state index in [0.29, 0.717) is 22.5 Å². The first-order valence-corrected chi connectivity index (χ1v) is 7.38. The predicted molar refractivity (Wildman–Crippen MR) is 86.9 cm³/mol. The van der Waals surface area contributed by atoms with Crippen molar-refractivity contribution in [3.63, 3.8) is 0 Å². The first-order valence-electron chi connectivity index (χ1n) is 7.38. The first kappa shape index (κ1) is 14.8. The van der Waals surface area contributed by atoms with Crippen molar-refractivity contribution in [2.75, 3.05) is 10.6 Å². The van der Waals surface area contributed by atoms with E-state index in [2.05, 4.69) is 10.6 Å². The van der Waals surface area contributed by atoms with Crippen molar-refractivity contribution in [2.24, 2.45) is 5.92 Å². The van der Waals surface area contributed by atoms with Crippen molar-refractivity contribution < 1.29 is 9.59 Å². The molecule has 2 aromatic carbocycles. The summed E-state index contributed by atoms with van der Waals surface area (Å²) >= 11 is 0. The van der Waals surface area contributed by atoms with E-state index in [1.165, 1.54) is 0 Å². The quantitative estimate of drug-likeness (QED) is 0.910. The van der Waals surface area contributed by atoms with Gasteiger partial charge in [0.25, 0.3) is 5.91 Å². The third-order valence-electron chi connectivity index (χ3n) is 3.59. The number of nitriles is 1. The number of carbonyl (C=O) groups is 2. The summed E-state index contributed by atoms with van der Waals surface area (Å²) in [4.78, 5) is 24.1. The maximum absolute atomic E-state index is 12.3. The average Bonchev–Trinajstić information content (AvgIpc) is 3.40. The van der Waals surface area contributed by atoms with Gasteiger partial charge in [0.15, 0.2) is 0 Å². The molecule has 5 nitrogen and oxygen atoms in total. The van der Waals surface area contributed by atoms with Crippen LogP contribution < -0.4 is 10.6 Å². The summed E-state index contributed by atoms with van der Waals surface area (Å²) < 4.78 is 0. The molecule has 1 fully saturated rings. The van der Waals surface area contributed by atoms with Crippen LogP contribution in [0.4, 0.5) is 11.4 Å². The summed E-state index contributed by atoms with van der Waals surface area (Å²) in [5, 5.41) is 14.4. The average molecular weight is 305 g/mol. The minimum Gasteiger partial charge on any atom is -0.326 e. The number of rotatable bonds is 4. The zero-order chi connectivity index (χ0) is 16.2. The number of hydrogen-bond acceptors (Lipinski definition) is 3. The summed E-state index contributed by atoms with van der Waals surface area (Å²) in [5.74, 6) is -0.173. The molecule has 2 N–H and O–H groups in total. The Morgan fingerprint density at radius 1 is 1.00 bits per heavy atom. The Kier molecular flexibility index (Phi) is 4.07. The van der Waals surface area contributed by atoms with E-state index >= 15 is 0 Å². The maximum Gasteiger partial charge on any atom is 0.255 e. The van der Waals surface area contributed by atoms with Crippen molar-refractivity contribution >= 4 is 23.2 Å². The van der Waals surface area contributed by atoms with Crippen LogP contribution in [0.5, 0.6) is 0 Å². The summed E-state index contributed by atoms with van der Waals surface area (Å²) in [7, 11) is 0. The van der Waals surface area contributed by atoms with Gasteiger partial charge in [-0.15, -0.1) is 0 Å². The van der Waals surface area contributed by atoms with Gasteiger partial charge in [0.1, 0.15) is 0 Å². The molecular formula is C18H15N3O2. The monoisotopic (exact) mass is 305 g/mol. The lowest BCUT2D eigenvalue weighted by molar-refractivity contribution is -0.117. The van der Waals surface area contributed by atoms with Crippen molar-refractivity contribution in [2.45, 2.75) is 12.8 Å². The van der Waals surface area contributed by atoms with Gasteiger partial charge in [0, 0.05) is 22.9 Å². The molecule has 114 valence electrons. The number of anilines is 2. The van der Waals surface area contributed by atoms with Gasteiger partial charge in [0.2, 0.25) is 5.91 Å². The van der Waals surface area contributed by atoms with Gasteiger partial charge in [-0.25, -0.2) is 0 Å². The van der Waals surface area contributed by atoms with E-state index in [4.69, 9.17) is 5.26 Å². The van der Waals surface area contributed by atoms with Crippen LogP contribution in [0.2, 0.25) is 0 Å². The highest BCUT2D eigenvalue weighted by Gasteiger charge is 2.29. The van der Waals surface area contributed by atoms with Crippen LogP contribution >= 0.6 is 0 Å². The van der Waals surface area contributed by atoms with E-state index in [0.717, 1.165) is 12.8 Å². The number of amides is 2. The summed E-state index contributed by atoms with van der Waals surface area (Å²) in [6, 6.07) is 15.5. The van der Waals surface area contributed by atoms with Gasteiger partial charge < -0.3 is 10.6 Å². The second-order valence-corrected chi connectivity index (χ2v) is 5.49. The SMILES string of the molecule is N#Cc1cccc(NC(=O)c2cccc(NC(=O)C3CC3)c2)c1. The molecule has 0 spiro atoms. The second kappa shape index (κ2) is 6.32. The van der Waals surface area contributed by atoms with E-state index in [9.17, 15) is 9.59 Å². The lowest BCUT2D eigenvalue weighted by Crippen LogP contribution is -2.15. The van der Waals surface area contributed by atoms with Crippen molar-refractivity contribution in [3.8, 4) is 6.07 Å². The molecule has 2 amide bonds. The summed E-state index contributed by atoms with van der Waals surface area (Å²) in [5.41, 5.74) is 2.09. The van der Waals surface area contributed by atoms with Crippen LogP contribution in [0, 0.1) is 17.2 Å². The summed E-state index contributed by atoms with van der Waals surface area (Å²) in [6.07, 6.45) is 1.86. The molecule has 0 atom stereocenters. The second-order valence-electron chi connectivity index (χ2n) is 5.49. The normalized spacial score (nSPS) is 13.0. The van der Waals surface area contributed by atoms with Crippen LogP contribution in [-0.2, 0) is 4.79 Å². The third kappa shape index (κ3) is 3.74. The maximum atomic E-state index is 12.3. The zero-order valence-electron chi connectivity index (χ0n) is 12.4. The summed E-state index contributed by atoms with van der Waals surface area (Å²) in [6.45, 7) is 0. The van der Waals surface area contributed by atoms with Gasteiger partial charge in [-0.05, 0) is 49.2 Å². The molecule has 23 heavy (non-hydrogen) atoms. The Morgan fingerprint density at radius 3 is 2.39 bits per heavy atom. The molecule has 0 unspecified atom stereocenters. The largest absolute Gasteiger partial charge is 0.326 e. The van der Waals surface area contributed by atoms with Gasteiger partial charge >= 0.3 is 0 Å². The molecule has 0 radical (unpaired) electrons. The van der Waals surface area contributed by atoms with Gasteiger partial charge in [-0.2, -0.15) is 5.26 Å². The molecule has 0 bridgehead atoms. The highest BCUT2D eigenvalue weighted by Crippen LogP contribution is 2.30. The van der Waals surface area contributed by atoms with E-state index in [1.807, 2.05) is 6.07 Å². The minimum absolute atomic E-state index is 0.00396. The molecular weight excluding hydrogens is 290 g/mol. The Hall–Kier alpha value is -3.13. The smallest absolute Gasteiger partial charge is 0.255 e. The number of benzene rings is 2. The lowest BCUT2D eigenvalue weighted by Gasteiger charge is -2.08. The topological polar surface area (TPSA) is 82.0 Å². The van der Waals surface area contributed by atoms with E-state index in [-0.39, 0.29) is 17.7 Å². The van der Waals surface area contributed by atoms with E-state index in [1.54, 1.807) is 48.5 Å². The molecule has 0 saturated heterocycles. The van der Waals surface area contributed by atoms with Crippen LogP contribution in [0.1, 0.15) is 28.8 Å². The molecule has 5 heteroatoms. The fraction of sp³-hybridized carbons (Fsp3) is 0.167. The number of nitrogens with zero attached hydrogens (tertiary/aromatic N) is 1. The van der Waals surface area contributed by atoms with Crippen LogP contribution in [-0.4, -0.2) is 11.8 Å². The number of carbonyl (C=O) groups excluding carboxylic acids is 2. The number of hydrogen-bond donors (Lipinski definition) is 2. The van der Waals surface area contributed by atoms with Gasteiger partial charge in [-0.3, -0.25) is 9.59 Å². The first-order chi connectivity index (χ1) is 11.2. The van der Waals surface area contributed by atoms with E-state index < -0.39 is 0 Å². The Bertz CT molecular complexity index is 804. The van der Waals surface area contributed by atoms with Crippen LogP contribution in [0.25, 0.3) is 0 Å². The molecule has 0 aromatic heterocycles. The van der Waals surface area contributed by atoms with Crippen LogP contribution in [0.3, 0.4) is 0 Å². The molecule has 1 aliphatic rings. The standard InChI is InChI=1S/C18H15N3O2/c19-11-12-3-1-5-15(9-12)20-18(23)14-4-2-6-16(10-14)21-17(22)13-7-8-13/h1-6,9-10,13H,7-8H2,(H,20,23)(H,21,22). The van der Waals surface area contributed by atoms with Crippen LogP contribution in [0.15, 0.2) is 48.5 Å². The fourth-order valence-electron chi connectivity index (χ4n) is 2.20. The molecule has 0 heterocycles. The van der Waals surface area contributed by atoms with Gasteiger partial charge in [-0.1, -0.05) is 12.1 Å². The van der Waals surface area contributed by atoms with Gasteiger partial charge in [0.05, 0.1) is 11.6 Å². The van der Waals surface area contributed by atoms with Crippen molar-refractivity contribution in [1.29, 1.82) is 5.26 Å².